The van der Waals surface area contributed by atoms with Gasteiger partial charge in [-0.25, -0.2) is 0 Å². The number of rotatable bonds is 3. The van der Waals surface area contributed by atoms with Crippen LogP contribution in [0.15, 0.2) is 55.2 Å². The number of fused-ring (bicyclic) bond motifs is 1. The molecule has 1 aliphatic rings. The summed E-state index contributed by atoms with van der Waals surface area (Å²) in [5, 5.41) is 0.768. The molecule has 0 radical (unpaired) electrons. The number of alkyl halides is 1. The van der Waals surface area contributed by atoms with E-state index in [1.54, 1.807) is 6.08 Å². The van der Waals surface area contributed by atoms with Crippen molar-refractivity contribution < 1.29 is 0 Å². The van der Waals surface area contributed by atoms with E-state index >= 15 is 0 Å². The van der Waals surface area contributed by atoms with Crippen molar-refractivity contribution in [3.63, 3.8) is 0 Å². The van der Waals surface area contributed by atoms with Gasteiger partial charge in [0.25, 0.3) is 0 Å². The Labute approximate surface area is 112 Å². The lowest BCUT2D eigenvalue weighted by molar-refractivity contribution is 0.771. The molecule has 88 valence electrons. The Morgan fingerprint density at radius 3 is 2.71 bits per heavy atom. The summed E-state index contributed by atoms with van der Waals surface area (Å²) in [6.45, 7) is 7.59. The summed E-state index contributed by atoms with van der Waals surface area (Å²) in [4.78, 5) is 0. The van der Waals surface area contributed by atoms with Crippen molar-refractivity contribution >= 4 is 23.2 Å². The van der Waals surface area contributed by atoms with Gasteiger partial charge in [0.05, 0.1) is 5.38 Å². The van der Waals surface area contributed by atoms with Gasteiger partial charge in [-0.2, -0.15) is 0 Å². The highest BCUT2D eigenvalue weighted by Crippen LogP contribution is 2.48. The Hall–Kier alpha value is -0.980. The fourth-order valence-electron chi connectivity index (χ4n) is 2.37. The van der Waals surface area contributed by atoms with E-state index in [-0.39, 0.29) is 5.38 Å². The molecule has 0 N–H and O–H groups in total. The van der Waals surface area contributed by atoms with Crippen LogP contribution in [-0.4, -0.2) is 0 Å². The lowest BCUT2D eigenvalue weighted by atomic mass is 9.92. The van der Waals surface area contributed by atoms with E-state index < -0.39 is 0 Å². The van der Waals surface area contributed by atoms with E-state index in [9.17, 15) is 0 Å². The van der Waals surface area contributed by atoms with Gasteiger partial charge in [0, 0.05) is 10.9 Å². The molecule has 1 aliphatic carbocycles. The zero-order chi connectivity index (χ0) is 12.4. The number of allylic oxidation sites excluding steroid dienone is 4. The molecular weight excluding hydrogens is 251 g/mol. The first kappa shape index (κ1) is 12.5. The molecule has 2 unspecified atom stereocenters. The molecule has 0 fully saturated rings. The summed E-state index contributed by atoms with van der Waals surface area (Å²) >= 11 is 12.4. The second-order valence-electron chi connectivity index (χ2n) is 4.14. The van der Waals surface area contributed by atoms with Crippen molar-refractivity contribution in [1.82, 2.24) is 0 Å². The second kappa shape index (κ2) is 5.12. The van der Waals surface area contributed by atoms with Crippen LogP contribution in [0.2, 0.25) is 5.02 Å². The largest absolute Gasteiger partial charge is 0.118 e. The molecular formula is C15H14Cl2. The van der Waals surface area contributed by atoms with Gasteiger partial charge in [0.15, 0.2) is 0 Å². The third-order valence-electron chi connectivity index (χ3n) is 3.15. The molecule has 2 heteroatoms. The van der Waals surface area contributed by atoms with E-state index in [1.165, 1.54) is 5.56 Å². The quantitative estimate of drug-likeness (QED) is 0.506. The lowest BCUT2D eigenvalue weighted by Gasteiger charge is -2.12. The standard InChI is InChI=1S/C15H14Cl2/c1-3-5-10(4-2)13-9-15(17)14-8-11(16)6-7-12(13)14/h3-8,13,15H,1-2,9H2/b10-5+. The minimum atomic E-state index is 0.0295. The van der Waals surface area contributed by atoms with Crippen LogP contribution in [0.3, 0.4) is 0 Å². The maximum atomic E-state index is 6.36. The Morgan fingerprint density at radius 1 is 1.29 bits per heavy atom. The molecule has 0 spiro atoms. The third-order valence-corrected chi connectivity index (χ3v) is 3.80. The summed E-state index contributed by atoms with van der Waals surface area (Å²) in [6, 6.07) is 5.94. The van der Waals surface area contributed by atoms with Crippen molar-refractivity contribution in [3.05, 3.63) is 71.3 Å². The number of hydrogen-bond acceptors (Lipinski definition) is 0. The Kier molecular flexibility index (Phi) is 3.76. The lowest BCUT2D eigenvalue weighted by Crippen LogP contribution is -1.95. The van der Waals surface area contributed by atoms with Crippen LogP contribution in [-0.2, 0) is 0 Å². The maximum absolute atomic E-state index is 6.36. The molecule has 17 heavy (non-hydrogen) atoms. The molecule has 2 rings (SSSR count). The molecule has 2 atom stereocenters. The van der Waals surface area contributed by atoms with E-state index in [0.29, 0.717) is 5.92 Å². The van der Waals surface area contributed by atoms with Gasteiger partial charge >= 0.3 is 0 Å². The van der Waals surface area contributed by atoms with Crippen LogP contribution in [0.25, 0.3) is 0 Å². The Morgan fingerprint density at radius 2 is 2.06 bits per heavy atom. The average Bonchev–Trinajstić information content (AvgIpc) is 2.63. The summed E-state index contributed by atoms with van der Waals surface area (Å²) in [5.74, 6) is 0.306. The van der Waals surface area contributed by atoms with Gasteiger partial charge in [0.2, 0.25) is 0 Å². The first-order valence-electron chi connectivity index (χ1n) is 5.55. The average molecular weight is 265 g/mol. The van der Waals surface area contributed by atoms with Crippen LogP contribution in [0, 0.1) is 0 Å². The molecule has 0 aliphatic heterocycles. The van der Waals surface area contributed by atoms with Crippen molar-refractivity contribution in [2.24, 2.45) is 0 Å². The van der Waals surface area contributed by atoms with Gasteiger partial charge in [-0.15, -0.1) is 11.6 Å². The van der Waals surface area contributed by atoms with Crippen molar-refractivity contribution in [1.29, 1.82) is 0 Å². The van der Waals surface area contributed by atoms with Gasteiger partial charge in [-0.1, -0.05) is 49.1 Å². The number of benzene rings is 1. The van der Waals surface area contributed by atoms with Crippen molar-refractivity contribution in [3.8, 4) is 0 Å². The highest BCUT2D eigenvalue weighted by molar-refractivity contribution is 6.31. The van der Waals surface area contributed by atoms with Crippen LogP contribution in [0.5, 0.6) is 0 Å². The topological polar surface area (TPSA) is 0 Å². The van der Waals surface area contributed by atoms with Gasteiger partial charge in [0.1, 0.15) is 0 Å². The zero-order valence-electron chi connectivity index (χ0n) is 9.50. The summed E-state index contributed by atoms with van der Waals surface area (Å²) in [6.07, 6.45) is 6.54. The molecule has 0 heterocycles. The molecule has 0 saturated heterocycles. The zero-order valence-corrected chi connectivity index (χ0v) is 11.0. The molecule has 1 aromatic rings. The molecule has 1 aromatic carbocycles. The molecule has 0 aromatic heterocycles. The minimum Gasteiger partial charge on any atom is -0.118 e. The second-order valence-corrected chi connectivity index (χ2v) is 5.10. The summed E-state index contributed by atoms with van der Waals surface area (Å²) in [5.41, 5.74) is 3.55. The molecule has 0 saturated carbocycles. The van der Waals surface area contributed by atoms with E-state index in [2.05, 4.69) is 19.2 Å². The van der Waals surface area contributed by atoms with Gasteiger partial charge in [-0.05, 0) is 35.3 Å². The van der Waals surface area contributed by atoms with Gasteiger partial charge < -0.3 is 0 Å². The van der Waals surface area contributed by atoms with Crippen LogP contribution >= 0.6 is 23.2 Å². The molecule has 0 nitrogen and oxygen atoms in total. The van der Waals surface area contributed by atoms with Crippen LogP contribution in [0.4, 0.5) is 0 Å². The first-order valence-corrected chi connectivity index (χ1v) is 6.37. The third kappa shape index (κ3) is 2.34. The molecule has 0 bridgehead atoms. The van der Waals surface area contributed by atoms with E-state index in [4.69, 9.17) is 23.2 Å². The minimum absolute atomic E-state index is 0.0295. The van der Waals surface area contributed by atoms with Crippen LogP contribution in [0.1, 0.15) is 28.8 Å². The normalized spacial score (nSPS) is 23.3. The highest BCUT2D eigenvalue weighted by Gasteiger charge is 2.30. The highest BCUT2D eigenvalue weighted by atomic mass is 35.5. The Bertz CT molecular complexity index is 486. The van der Waals surface area contributed by atoms with E-state index in [0.717, 1.165) is 22.6 Å². The predicted octanol–water partition coefficient (Wildman–Crippen LogP) is 5.41. The van der Waals surface area contributed by atoms with Crippen molar-refractivity contribution in [2.75, 3.05) is 0 Å². The monoisotopic (exact) mass is 264 g/mol. The number of halogens is 2. The predicted molar refractivity (Wildman–Crippen MR) is 75.9 cm³/mol. The van der Waals surface area contributed by atoms with E-state index in [1.807, 2.05) is 24.3 Å². The first-order chi connectivity index (χ1) is 8.17. The molecule has 0 amide bonds. The Balaban J connectivity index is 2.46. The maximum Gasteiger partial charge on any atom is 0.0597 e. The van der Waals surface area contributed by atoms with Crippen molar-refractivity contribution in [2.45, 2.75) is 17.7 Å². The SMILES string of the molecule is C=C/C=C(\C=C)C1CC(Cl)c2cc(Cl)ccc21. The van der Waals surface area contributed by atoms with Gasteiger partial charge in [-0.3, -0.25) is 0 Å². The smallest absolute Gasteiger partial charge is 0.0597 e. The number of hydrogen-bond donors (Lipinski definition) is 0. The summed E-state index contributed by atoms with van der Waals surface area (Å²) in [7, 11) is 0. The fourth-order valence-corrected chi connectivity index (χ4v) is 2.92. The summed E-state index contributed by atoms with van der Waals surface area (Å²) < 4.78 is 0. The fraction of sp³-hybridized carbons (Fsp3) is 0.200. The van der Waals surface area contributed by atoms with Crippen LogP contribution < -0.4 is 0 Å².